The van der Waals surface area contributed by atoms with E-state index in [0.29, 0.717) is 37.0 Å². The third-order valence-electron chi connectivity index (χ3n) is 5.41. The van der Waals surface area contributed by atoms with Crippen molar-refractivity contribution in [3.63, 3.8) is 0 Å². The van der Waals surface area contributed by atoms with Gasteiger partial charge in [0.25, 0.3) is 5.91 Å². The number of nitrogens with zero attached hydrogens (tertiary/aromatic N) is 1. The molecule has 0 bridgehead atoms. The highest BCUT2D eigenvalue weighted by atomic mass is 16.6. The van der Waals surface area contributed by atoms with E-state index in [4.69, 9.17) is 18.6 Å². The first-order valence-corrected chi connectivity index (χ1v) is 10.2. The number of oxazole rings is 1. The van der Waals surface area contributed by atoms with Gasteiger partial charge in [0.15, 0.2) is 29.3 Å². The number of benzene rings is 1. The number of fused-ring (bicyclic) bond motifs is 1. The van der Waals surface area contributed by atoms with Crippen molar-refractivity contribution in [2.24, 2.45) is 11.3 Å². The summed E-state index contributed by atoms with van der Waals surface area (Å²) in [5, 5.41) is 3.03. The van der Waals surface area contributed by atoms with Gasteiger partial charge in [-0.05, 0) is 36.5 Å². The van der Waals surface area contributed by atoms with Crippen LogP contribution in [0.1, 0.15) is 44.1 Å². The topological polar surface area (TPSA) is 82.8 Å². The molecule has 1 aromatic heterocycles. The van der Waals surface area contributed by atoms with Crippen LogP contribution in [0.5, 0.6) is 11.5 Å². The minimum atomic E-state index is -0.248. The Bertz CT molecular complexity index is 870. The number of hydrogen-bond acceptors (Lipinski definition) is 6. The SMILES string of the molecule is CC(C)(C)[C@H]1OCCC[C@@H]1CNC(=O)c1ncoc1-c1ccc2c(c1)OCCO2. The van der Waals surface area contributed by atoms with E-state index in [-0.39, 0.29) is 29.0 Å². The largest absolute Gasteiger partial charge is 0.486 e. The Morgan fingerprint density at radius 1 is 1.17 bits per heavy atom. The maximum Gasteiger partial charge on any atom is 0.273 e. The number of hydrogen-bond donors (Lipinski definition) is 1. The van der Waals surface area contributed by atoms with Crippen molar-refractivity contribution in [1.29, 1.82) is 0 Å². The summed E-state index contributed by atoms with van der Waals surface area (Å²) in [5.74, 6) is 1.78. The molecule has 2 aliphatic heterocycles. The second kappa shape index (κ2) is 8.06. The summed E-state index contributed by atoms with van der Waals surface area (Å²) in [6.07, 6.45) is 3.46. The highest BCUT2D eigenvalue weighted by Gasteiger charge is 2.35. The smallest absolute Gasteiger partial charge is 0.273 e. The zero-order valence-corrected chi connectivity index (χ0v) is 17.2. The summed E-state index contributed by atoms with van der Waals surface area (Å²) >= 11 is 0. The van der Waals surface area contributed by atoms with E-state index in [1.807, 2.05) is 18.2 Å². The minimum Gasteiger partial charge on any atom is -0.486 e. The Balaban J connectivity index is 1.47. The molecule has 0 unspecified atom stereocenters. The molecule has 2 aromatic rings. The molecule has 1 fully saturated rings. The van der Waals surface area contributed by atoms with E-state index in [1.165, 1.54) is 6.39 Å². The fraction of sp³-hybridized carbons (Fsp3) is 0.545. The second-order valence-corrected chi connectivity index (χ2v) is 8.66. The lowest BCUT2D eigenvalue weighted by molar-refractivity contribution is -0.0839. The Kier molecular flexibility index (Phi) is 5.50. The molecule has 0 spiro atoms. The number of carbonyl (C=O) groups is 1. The first-order chi connectivity index (χ1) is 13.9. The van der Waals surface area contributed by atoms with Gasteiger partial charge in [-0.1, -0.05) is 20.8 Å². The summed E-state index contributed by atoms with van der Waals surface area (Å²) in [6.45, 7) is 8.89. The summed E-state index contributed by atoms with van der Waals surface area (Å²) in [4.78, 5) is 17.0. The van der Waals surface area contributed by atoms with Gasteiger partial charge in [-0.2, -0.15) is 0 Å². The lowest BCUT2D eigenvalue weighted by atomic mass is 9.78. The van der Waals surface area contributed by atoms with Crippen LogP contribution in [0.3, 0.4) is 0 Å². The molecular formula is C22H28N2O5. The predicted molar refractivity (Wildman–Crippen MR) is 107 cm³/mol. The molecule has 2 atom stereocenters. The first-order valence-electron chi connectivity index (χ1n) is 10.2. The molecule has 156 valence electrons. The van der Waals surface area contributed by atoms with Crippen molar-refractivity contribution in [2.45, 2.75) is 39.7 Å². The summed E-state index contributed by atoms with van der Waals surface area (Å²) in [5.41, 5.74) is 1.02. The second-order valence-electron chi connectivity index (χ2n) is 8.66. The van der Waals surface area contributed by atoms with Crippen molar-refractivity contribution >= 4 is 5.91 Å². The lowest BCUT2D eigenvalue weighted by Crippen LogP contribution is -2.45. The number of nitrogens with one attached hydrogen (secondary N) is 1. The Hall–Kier alpha value is -2.54. The lowest BCUT2D eigenvalue weighted by Gasteiger charge is -2.40. The van der Waals surface area contributed by atoms with Crippen LogP contribution in [-0.2, 0) is 4.74 Å². The van der Waals surface area contributed by atoms with Crippen LogP contribution in [-0.4, -0.2) is 43.4 Å². The molecule has 29 heavy (non-hydrogen) atoms. The van der Waals surface area contributed by atoms with Crippen molar-refractivity contribution in [1.82, 2.24) is 10.3 Å². The van der Waals surface area contributed by atoms with E-state index < -0.39 is 0 Å². The molecule has 2 aliphatic rings. The molecule has 1 aromatic carbocycles. The molecular weight excluding hydrogens is 372 g/mol. The van der Waals surface area contributed by atoms with Crippen molar-refractivity contribution in [3.05, 3.63) is 30.3 Å². The molecule has 7 nitrogen and oxygen atoms in total. The van der Waals surface area contributed by atoms with E-state index in [9.17, 15) is 4.79 Å². The normalized spacial score (nSPS) is 21.6. The number of rotatable bonds is 4. The van der Waals surface area contributed by atoms with Gasteiger partial charge in [-0.3, -0.25) is 4.79 Å². The fourth-order valence-electron chi connectivity index (χ4n) is 4.11. The summed E-state index contributed by atoms with van der Waals surface area (Å²) < 4.78 is 22.7. The molecule has 7 heteroatoms. The summed E-state index contributed by atoms with van der Waals surface area (Å²) in [7, 11) is 0. The van der Waals surface area contributed by atoms with Gasteiger partial charge in [0.1, 0.15) is 13.2 Å². The zero-order chi connectivity index (χ0) is 20.4. The third-order valence-corrected chi connectivity index (χ3v) is 5.41. The van der Waals surface area contributed by atoms with Gasteiger partial charge in [-0.25, -0.2) is 4.98 Å². The average molecular weight is 400 g/mol. The van der Waals surface area contributed by atoms with E-state index in [1.54, 1.807) is 0 Å². The van der Waals surface area contributed by atoms with Gasteiger partial charge in [-0.15, -0.1) is 0 Å². The molecule has 1 amide bonds. The Morgan fingerprint density at radius 3 is 2.76 bits per heavy atom. The highest BCUT2D eigenvalue weighted by Crippen LogP contribution is 2.36. The average Bonchev–Trinajstić information content (AvgIpc) is 3.21. The number of amides is 1. The van der Waals surface area contributed by atoms with E-state index >= 15 is 0 Å². The number of ether oxygens (including phenoxy) is 3. The van der Waals surface area contributed by atoms with Crippen molar-refractivity contribution in [3.8, 4) is 22.8 Å². The zero-order valence-electron chi connectivity index (χ0n) is 17.2. The van der Waals surface area contributed by atoms with E-state index in [0.717, 1.165) is 25.0 Å². The van der Waals surface area contributed by atoms with Crippen LogP contribution in [0.4, 0.5) is 0 Å². The molecule has 1 N–H and O–H groups in total. The summed E-state index contributed by atoms with van der Waals surface area (Å²) in [6, 6.07) is 5.48. The minimum absolute atomic E-state index is 0.0278. The van der Waals surface area contributed by atoms with Crippen LogP contribution in [0, 0.1) is 11.3 Å². The van der Waals surface area contributed by atoms with Gasteiger partial charge in [0.2, 0.25) is 0 Å². The van der Waals surface area contributed by atoms with Crippen LogP contribution in [0.25, 0.3) is 11.3 Å². The van der Waals surface area contributed by atoms with Gasteiger partial charge in [0.05, 0.1) is 6.10 Å². The monoisotopic (exact) mass is 400 g/mol. The van der Waals surface area contributed by atoms with E-state index in [2.05, 4.69) is 31.1 Å². The molecule has 4 rings (SSSR count). The molecule has 0 radical (unpaired) electrons. The van der Waals surface area contributed by atoms with Crippen LogP contribution >= 0.6 is 0 Å². The maximum atomic E-state index is 12.9. The molecule has 1 saturated heterocycles. The van der Waals surface area contributed by atoms with Crippen LogP contribution < -0.4 is 14.8 Å². The number of aromatic nitrogens is 1. The van der Waals surface area contributed by atoms with Crippen LogP contribution in [0.2, 0.25) is 0 Å². The van der Waals surface area contributed by atoms with Gasteiger partial charge < -0.3 is 23.9 Å². The quantitative estimate of drug-likeness (QED) is 0.843. The fourth-order valence-corrected chi connectivity index (χ4v) is 4.11. The Morgan fingerprint density at radius 2 is 1.97 bits per heavy atom. The van der Waals surface area contributed by atoms with Gasteiger partial charge in [0, 0.05) is 24.6 Å². The van der Waals surface area contributed by atoms with Crippen LogP contribution in [0.15, 0.2) is 29.0 Å². The standard InChI is InChI=1S/C22H28N2O5/c1-22(2,3)20-15(5-4-8-28-20)12-23-21(25)18-19(29-13-24-18)14-6-7-16-17(11-14)27-10-9-26-16/h6-7,11,13,15,20H,4-5,8-10,12H2,1-3H3,(H,23,25)/t15-,20+/m1/s1. The van der Waals surface area contributed by atoms with Gasteiger partial charge >= 0.3 is 0 Å². The van der Waals surface area contributed by atoms with Crippen molar-refractivity contribution < 1.29 is 23.4 Å². The molecule has 3 heterocycles. The maximum absolute atomic E-state index is 12.9. The molecule has 0 saturated carbocycles. The highest BCUT2D eigenvalue weighted by molar-refractivity contribution is 5.97. The number of carbonyl (C=O) groups excluding carboxylic acids is 1. The Labute approximate surface area is 170 Å². The third kappa shape index (κ3) is 4.24. The molecule has 0 aliphatic carbocycles. The first kappa shape index (κ1) is 19.8. The van der Waals surface area contributed by atoms with Crippen molar-refractivity contribution in [2.75, 3.05) is 26.4 Å². The predicted octanol–water partition coefficient (Wildman–Crippen LogP) is 3.68.